The minimum Gasteiger partial charge on any atom is -0.309 e. The van der Waals surface area contributed by atoms with Gasteiger partial charge in [-0.2, -0.15) is 28.6 Å². The minimum atomic E-state index is -4.47. The normalized spacial score (nSPS) is 11.9. The zero-order valence-electron chi connectivity index (χ0n) is 23.2. The van der Waals surface area contributed by atoms with Crippen molar-refractivity contribution in [1.82, 2.24) is 29.3 Å². The van der Waals surface area contributed by atoms with E-state index in [0.717, 1.165) is 54.4 Å². The number of rotatable bonds is 9. The number of aromatic nitrogens is 5. The predicted octanol–water partition coefficient (Wildman–Crippen LogP) is 6.72. The summed E-state index contributed by atoms with van der Waals surface area (Å²) in [5.74, 6) is 0.653. The number of aryl methyl sites for hydroxylation is 1. The van der Waals surface area contributed by atoms with Crippen molar-refractivity contribution in [2.24, 2.45) is 0 Å². The molecular weight excluding hydrogens is 527 g/mol. The van der Waals surface area contributed by atoms with E-state index in [0.29, 0.717) is 34.6 Å². The van der Waals surface area contributed by atoms with Crippen LogP contribution in [0.3, 0.4) is 0 Å². The predicted molar refractivity (Wildman–Crippen MR) is 152 cm³/mol. The molecule has 0 amide bonds. The number of hydrogen-bond donors (Lipinski definition) is 0. The van der Waals surface area contributed by atoms with E-state index in [1.54, 1.807) is 45.7 Å². The molecule has 0 unspecified atom stereocenters. The first kappa shape index (κ1) is 28.1. The summed E-state index contributed by atoms with van der Waals surface area (Å²) < 4.78 is 44.5. The van der Waals surface area contributed by atoms with Crippen LogP contribution in [-0.2, 0) is 12.6 Å². The van der Waals surface area contributed by atoms with Gasteiger partial charge in [-0.15, -0.1) is 0 Å². The summed E-state index contributed by atoms with van der Waals surface area (Å²) in [5.41, 5.74) is 4.34. The zero-order valence-corrected chi connectivity index (χ0v) is 23.2. The highest BCUT2D eigenvalue weighted by Crippen LogP contribution is 2.38. The first-order valence-electron chi connectivity index (χ1n) is 13.4. The molecule has 0 aliphatic rings. The molecular formula is C31H30F3N7. The van der Waals surface area contributed by atoms with Crippen molar-refractivity contribution in [1.29, 1.82) is 5.26 Å². The Morgan fingerprint density at radius 1 is 1.00 bits per heavy atom. The molecule has 7 nitrogen and oxygen atoms in total. The quantitative estimate of drug-likeness (QED) is 0.188. The molecule has 0 aliphatic carbocycles. The Morgan fingerprint density at radius 3 is 2.49 bits per heavy atom. The summed E-state index contributed by atoms with van der Waals surface area (Å²) in [4.78, 5) is 6.95. The fraction of sp³-hybridized carbons (Fsp3) is 0.290. The molecule has 210 valence electrons. The van der Waals surface area contributed by atoms with E-state index in [1.807, 2.05) is 33.3 Å². The van der Waals surface area contributed by atoms with Crippen LogP contribution in [0.15, 0.2) is 67.0 Å². The van der Waals surface area contributed by atoms with E-state index < -0.39 is 11.7 Å². The Hall–Kier alpha value is -4.49. The molecule has 3 heterocycles. The molecule has 10 heteroatoms. The maximum Gasteiger partial charge on any atom is 0.416 e. The van der Waals surface area contributed by atoms with Crippen LogP contribution >= 0.6 is 0 Å². The molecule has 0 aliphatic heterocycles. The van der Waals surface area contributed by atoms with E-state index in [4.69, 9.17) is 10.1 Å². The molecule has 0 bridgehead atoms. The zero-order chi connectivity index (χ0) is 29.1. The summed E-state index contributed by atoms with van der Waals surface area (Å²) in [6.07, 6.45) is 2.75. The van der Waals surface area contributed by atoms with Crippen LogP contribution in [0.2, 0.25) is 0 Å². The molecule has 41 heavy (non-hydrogen) atoms. The fourth-order valence-corrected chi connectivity index (χ4v) is 4.99. The number of hydrogen-bond acceptors (Lipinski definition) is 5. The van der Waals surface area contributed by atoms with Gasteiger partial charge in [0.2, 0.25) is 0 Å². The Labute approximate surface area is 236 Å². The molecule has 2 aromatic carbocycles. The number of nitrogens with zero attached hydrogens (tertiary/aromatic N) is 7. The van der Waals surface area contributed by atoms with Crippen molar-refractivity contribution in [3.05, 3.63) is 89.5 Å². The Kier molecular flexibility index (Phi) is 7.90. The molecule has 0 N–H and O–H groups in total. The third-order valence-electron chi connectivity index (χ3n) is 7.07. The molecule has 0 spiro atoms. The molecule has 0 fully saturated rings. The number of fused-ring (bicyclic) bond motifs is 1. The number of halogens is 3. The van der Waals surface area contributed by atoms with E-state index in [-0.39, 0.29) is 0 Å². The lowest BCUT2D eigenvalue weighted by molar-refractivity contribution is -0.137. The average Bonchev–Trinajstić information content (AvgIpc) is 3.59. The molecule has 5 rings (SSSR count). The van der Waals surface area contributed by atoms with Crippen molar-refractivity contribution in [3.63, 3.8) is 0 Å². The van der Waals surface area contributed by atoms with Crippen molar-refractivity contribution < 1.29 is 13.2 Å². The maximum absolute atomic E-state index is 13.7. The van der Waals surface area contributed by atoms with Gasteiger partial charge in [-0.05, 0) is 94.0 Å². The largest absolute Gasteiger partial charge is 0.416 e. The Bertz CT molecular complexity index is 1710. The smallest absolute Gasteiger partial charge is 0.309 e. The lowest BCUT2D eigenvalue weighted by Gasteiger charge is -2.16. The molecule has 0 atom stereocenters. The van der Waals surface area contributed by atoms with Crippen LogP contribution < -0.4 is 0 Å². The van der Waals surface area contributed by atoms with Crippen LogP contribution in [0.1, 0.15) is 41.8 Å². The van der Waals surface area contributed by atoms with Gasteiger partial charge < -0.3 is 4.90 Å². The van der Waals surface area contributed by atoms with Gasteiger partial charge >= 0.3 is 6.18 Å². The molecule has 3 aromatic heterocycles. The molecule has 0 radical (unpaired) electrons. The highest BCUT2D eigenvalue weighted by molar-refractivity contribution is 5.86. The monoisotopic (exact) mass is 557 g/mol. The van der Waals surface area contributed by atoms with Gasteiger partial charge in [-0.1, -0.05) is 18.6 Å². The van der Waals surface area contributed by atoms with Gasteiger partial charge in [0.1, 0.15) is 0 Å². The van der Waals surface area contributed by atoms with Gasteiger partial charge in [0.15, 0.2) is 11.5 Å². The fourth-order valence-electron chi connectivity index (χ4n) is 4.99. The molecule has 0 saturated carbocycles. The van der Waals surface area contributed by atoms with Crippen LogP contribution in [0, 0.1) is 18.3 Å². The van der Waals surface area contributed by atoms with Crippen molar-refractivity contribution >= 4 is 5.65 Å². The van der Waals surface area contributed by atoms with E-state index in [2.05, 4.69) is 16.1 Å². The number of alkyl halides is 3. The number of unbranched alkanes of at least 4 members (excludes halogenated alkanes) is 2. The van der Waals surface area contributed by atoms with Crippen LogP contribution in [0.25, 0.3) is 33.7 Å². The summed E-state index contributed by atoms with van der Waals surface area (Å²) >= 11 is 0. The van der Waals surface area contributed by atoms with Crippen molar-refractivity contribution in [3.8, 4) is 34.1 Å². The SMILES string of the molecule is Cc1c(-c2ccnn2-c2ccc(C#N)cc2)cn2nc(CCCCCN(C)C)nc2c1-c1cccc(C(F)(F)F)c1. The summed E-state index contributed by atoms with van der Waals surface area (Å²) in [5, 5.41) is 18.4. The topological polar surface area (TPSA) is 75.0 Å². The summed E-state index contributed by atoms with van der Waals surface area (Å²) in [6, 6.07) is 16.3. The molecule has 0 saturated heterocycles. The summed E-state index contributed by atoms with van der Waals surface area (Å²) in [7, 11) is 4.10. The standard InChI is InChI=1S/C31H30F3N7/c1-21-26(27-15-16-36-41(27)25-13-11-22(19-35)12-14-25)20-40-30(37-28(38-40)10-5-4-6-17-39(2)3)29(21)23-8-7-9-24(18-23)31(32,33)34/h7-9,11-16,18,20H,4-6,10,17H2,1-3H3. The third-order valence-corrected chi connectivity index (χ3v) is 7.07. The highest BCUT2D eigenvalue weighted by Gasteiger charge is 2.31. The van der Waals surface area contributed by atoms with Gasteiger partial charge in [0.05, 0.1) is 34.8 Å². The van der Waals surface area contributed by atoms with Crippen LogP contribution in [0.4, 0.5) is 13.2 Å². The summed E-state index contributed by atoms with van der Waals surface area (Å²) in [6.45, 7) is 2.89. The Balaban J connectivity index is 1.63. The Morgan fingerprint density at radius 2 is 1.78 bits per heavy atom. The lowest BCUT2D eigenvalue weighted by Crippen LogP contribution is -2.12. The first-order chi connectivity index (χ1) is 19.7. The van der Waals surface area contributed by atoms with Crippen LogP contribution in [-0.4, -0.2) is 49.9 Å². The maximum atomic E-state index is 13.7. The second kappa shape index (κ2) is 11.6. The second-order valence-electron chi connectivity index (χ2n) is 10.3. The van der Waals surface area contributed by atoms with Crippen LogP contribution in [0.5, 0.6) is 0 Å². The molecule has 5 aromatic rings. The van der Waals surface area contributed by atoms with Gasteiger partial charge in [0, 0.05) is 23.7 Å². The number of pyridine rings is 1. The number of benzene rings is 2. The van der Waals surface area contributed by atoms with E-state index in [1.165, 1.54) is 12.1 Å². The first-order valence-corrected chi connectivity index (χ1v) is 13.4. The van der Waals surface area contributed by atoms with Crippen molar-refractivity contribution in [2.45, 2.75) is 38.8 Å². The minimum absolute atomic E-state index is 0.415. The van der Waals surface area contributed by atoms with E-state index >= 15 is 0 Å². The highest BCUT2D eigenvalue weighted by atomic mass is 19.4. The average molecular weight is 558 g/mol. The van der Waals surface area contributed by atoms with Gasteiger partial charge in [-0.3, -0.25) is 0 Å². The van der Waals surface area contributed by atoms with Gasteiger partial charge in [0.25, 0.3) is 0 Å². The second-order valence-corrected chi connectivity index (χ2v) is 10.3. The third kappa shape index (κ3) is 6.00. The van der Waals surface area contributed by atoms with Gasteiger partial charge in [-0.25, -0.2) is 14.2 Å². The van der Waals surface area contributed by atoms with Crippen molar-refractivity contribution in [2.75, 3.05) is 20.6 Å². The number of nitriles is 1. The van der Waals surface area contributed by atoms with E-state index in [9.17, 15) is 18.4 Å². The lowest BCUT2D eigenvalue weighted by atomic mass is 9.95.